The normalized spacial score (nSPS) is 20.7. The van der Waals surface area contributed by atoms with Gasteiger partial charge in [-0.2, -0.15) is 0 Å². The van der Waals surface area contributed by atoms with Crippen LogP contribution in [0.15, 0.2) is 134 Å². The molecule has 4 aromatic carbocycles. The van der Waals surface area contributed by atoms with Crippen molar-refractivity contribution in [3.63, 3.8) is 0 Å². The van der Waals surface area contributed by atoms with E-state index >= 15 is 0 Å². The number of aliphatic hydroxyl groups is 1. The number of methoxy groups -OCH3 is 2. The molecule has 2 fully saturated rings. The topological polar surface area (TPSA) is 57.2 Å². The molecule has 0 radical (unpaired) electrons. The first-order valence-corrected chi connectivity index (χ1v) is 16.5. The predicted molar refractivity (Wildman–Crippen MR) is 183 cm³/mol. The van der Waals surface area contributed by atoms with Crippen molar-refractivity contribution in [1.29, 1.82) is 0 Å². The zero-order valence-corrected chi connectivity index (χ0v) is 26.9. The molecule has 6 heteroatoms. The van der Waals surface area contributed by atoms with Crippen molar-refractivity contribution in [1.82, 2.24) is 0 Å². The highest BCUT2D eigenvalue weighted by Crippen LogP contribution is 2.52. The van der Waals surface area contributed by atoms with Crippen LogP contribution in [0.4, 0.5) is 0 Å². The molecule has 2 aliphatic rings. The van der Waals surface area contributed by atoms with Gasteiger partial charge in [0.1, 0.15) is 23.4 Å². The summed E-state index contributed by atoms with van der Waals surface area (Å²) in [6.07, 6.45) is 5.13. The van der Waals surface area contributed by atoms with Crippen molar-refractivity contribution >= 4 is 7.12 Å². The minimum absolute atomic E-state index is 0.160. The van der Waals surface area contributed by atoms with Gasteiger partial charge in [0.15, 0.2) is 0 Å². The number of aliphatic hydroxyl groups excluding tert-OH is 1. The summed E-state index contributed by atoms with van der Waals surface area (Å²) in [6, 6.07) is 40.8. The minimum Gasteiger partial charge on any atom is -0.401 e. The maximum absolute atomic E-state index is 11.9. The first-order chi connectivity index (χ1) is 22.6. The molecule has 1 heterocycles. The van der Waals surface area contributed by atoms with Gasteiger partial charge in [0.05, 0.1) is 6.10 Å². The summed E-state index contributed by atoms with van der Waals surface area (Å²) in [5.74, 6) is -0.301. The Morgan fingerprint density at radius 1 is 0.652 bits per heavy atom. The largest absolute Gasteiger partial charge is 0.467 e. The first kappa shape index (κ1) is 32.4. The highest BCUT2D eigenvalue weighted by molar-refractivity contribution is 6.48. The SMILES string of the molecule is C=C[C@@H](B1O[C@@H](C(OC)(c2ccccc2)c2ccccc2)[C@H](C(OC)(c2ccccc2)c2ccccc2)O1)[C@@H](O)C1CCCCC1. The zero-order valence-electron chi connectivity index (χ0n) is 26.9. The van der Waals surface area contributed by atoms with Gasteiger partial charge >= 0.3 is 7.12 Å². The van der Waals surface area contributed by atoms with Crippen LogP contribution in [0.5, 0.6) is 0 Å². The van der Waals surface area contributed by atoms with Crippen molar-refractivity contribution in [2.75, 3.05) is 14.2 Å². The van der Waals surface area contributed by atoms with E-state index in [0.717, 1.165) is 47.9 Å². The van der Waals surface area contributed by atoms with Crippen LogP contribution in [0.3, 0.4) is 0 Å². The molecular formula is C40H45BO5. The molecule has 6 rings (SSSR count). The molecule has 0 amide bonds. The highest BCUT2D eigenvalue weighted by atomic mass is 16.7. The van der Waals surface area contributed by atoms with Gasteiger partial charge in [-0.05, 0) is 41.0 Å². The summed E-state index contributed by atoms with van der Waals surface area (Å²) in [5.41, 5.74) is 1.51. The van der Waals surface area contributed by atoms with Gasteiger partial charge in [0.25, 0.3) is 0 Å². The minimum atomic E-state index is -1.10. The molecule has 0 aromatic heterocycles. The van der Waals surface area contributed by atoms with E-state index in [0.29, 0.717) is 0 Å². The molecule has 1 aliphatic heterocycles. The van der Waals surface area contributed by atoms with Crippen molar-refractivity contribution < 1.29 is 23.9 Å². The van der Waals surface area contributed by atoms with E-state index in [-0.39, 0.29) is 5.92 Å². The predicted octanol–water partition coefficient (Wildman–Crippen LogP) is 7.94. The van der Waals surface area contributed by atoms with E-state index in [1.54, 1.807) is 14.2 Å². The highest BCUT2D eigenvalue weighted by Gasteiger charge is 2.63. The molecule has 46 heavy (non-hydrogen) atoms. The molecule has 0 spiro atoms. The fourth-order valence-electron chi connectivity index (χ4n) is 7.90. The molecule has 5 nitrogen and oxygen atoms in total. The smallest absolute Gasteiger partial charge is 0.401 e. The Hall–Kier alpha value is -3.52. The number of hydrogen-bond donors (Lipinski definition) is 1. The van der Waals surface area contributed by atoms with E-state index < -0.39 is 42.4 Å². The molecule has 1 aliphatic carbocycles. The second-order valence-electron chi connectivity index (χ2n) is 12.5. The van der Waals surface area contributed by atoms with Crippen molar-refractivity contribution in [2.45, 2.75) is 67.4 Å². The van der Waals surface area contributed by atoms with E-state index in [1.165, 1.54) is 6.42 Å². The number of benzene rings is 4. The number of ether oxygens (including phenoxy) is 2. The van der Waals surface area contributed by atoms with Gasteiger partial charge in [-0.25, -0.2) is 0 Å². The molecule has 1 saturated carbocycles. The second kappa shape index (κ2) is 14.5. The van der Waals surface area contributed by atoms with Crippen molar-refractivity contribution in [3.8, 4) is 0 Å². The lowest BCUT2D eigenvalue weighted by atomic mass is 9.64. The Kier molecular flexibility index (Phi) is 10.2. The Morgan fingerprint density at radius 2 is 1.00 bits per heavy atom. The van der Waals surface area contributed by atoms with E-state index in [1.807, 2.05) is 78.9 Å². The zero-order chi connectivity index (χ0) is 32.0. The summed E-state index contributed by atoms with van der Waals surface area (Å²) < 4.78 is 27.8. The lowest BCUT2D eigenvalue weighted by Gasteiger charge is -2.47. The Bertz CT molecular complexity index is 1330. The standard InChI is InChI=1S/C40H45BO5/c1-4-35(36(42)30-20-10-5-11-21-30)41-45-37(39(43-2,31-22-12-6-13-23-31)32-24-14-7-15-25-32)38(46-41)40(44-3,33-26-16-8-17-27-33)34-28-18-9-19-29-34/h4,6-9,12-19,22-30,35-38,42H,1,5,10-11,20-21H2,2-3H3/t35-,36+,37-,38-/m1/s1. The summed E-state index contributed by atoms with van der Waals surface area (Å²) in [6.45, 7) is 4.19. The van der Waals surface area contributed by atoms with Crippen LogP contribution in [-0.2, 0) is 30.0 Å². The van der Waals surface area contributed by atoms with Crippen LogP contribution in [0.2, 0.25) is 5.82 Å². The molecule has 0 unspecified atom stereocenters. The van der Waals surface area contributed by atoms with Crippen LogP contribution in [0, 0.1) is 5.92 Å². The summed E-state index contributed by atoms with van der Waals surface area (Å²) in [4.78, 5) is 0. The molecule has 4 atom stereocenters. The van der Waals surface area contributed by atoms with Crippen LogP contribution < -0.4 is 0 Å². The van der Waals surface area contributed by atoms with Gasteiger partial charge in [-0.15, -0.1) is 6.58 Å². The Morgan fingerprint density at radius 3 is 1.30 bits per heavy atom. The Labute approximate surface area is 274 Å². The van der Waals surface area contributed by atoms with E-state index in [4.69, 9.17) is 18.8 Å². The molecule has 238 valence electrons. The van der Waals surface area contributed by atoms with Gasteiger partial charge in [-0.1, -0.05) is 147 Å². The van der Waals surface area contributed by atoms with Crippen molar-refractivity contribution in [2.24, 2.45) is 5.92 Å². The fourth-order valence-corrected chi connectivity index (χ4v) is 7.90. The van der Waals surface area contributed by atoms with Crippen LogP contribution in [-0.4, -0.2) is 44.8 Å². The first-order valence-electron chi connectivity index (χ1n) is 16.5. The molecule has 1 N–H and O–H groups in total. The molecular weight excluding hydrogens is 571 g/mol. The van der Waals surface area contributed by atoms with E-state index in [2.05, 4.69) is 55.1 Å². The molecule has 1 saturated heterocycles. The number of hydrogen-bond acceptors (Lipinski definition) is 5. The summed E-state index contributed by atoms with van der Waals surface area (Å²) in [7, 11) is 2.66. The van der Waals surface area contributed by atoms with Gasteiger partial charge in [0, 0.05) is 20.0 Å². The third kappa shape index (κ3) is 5.78. The van der Waals surface area contributed by atoms with Gasteiger partial charge in [-0.3, -0.25) is 0 Å². The van der Waals surface area contributed by atoms with Gasteiger partial charge in [0.2, 0.25) is 0 Å². The molecule has 4 aromatic rings. The summed E-state index contributed by atoms with van der Waals surface area (Å²) >= 11 is 0. The average Bonchev–Trinajstić information content (AvgIpc) is 3.57. The third-order valence-corrected chi connectivity index (χ3v) is 10.2. The monoisotopic (exact) mass is 616 g/mol. The number of rotatable bonds is 12. The summed E-state index contributed by atoms with van der Waals surface area (Å²) in [5, 5.41) is 11.9. The maximum Gasteiger partial charge on any atom is 0.467 e. The van der Waals surface area contributed by atoms with Gasteiger partial charge < -0.3 is 23.9 Å². The maximum atomic E-state index is 11.9. The second-order valence-corrected chi connectivity index (χ2v) is 12.5. The lowest BCUT2D eigenvalue weighted by molar-refractivity contribution is -0.136. The van der Waals surface area contributed by atoms with Crippen LogP contribution in [0.1, 0.15) is 54.4 Å². The Balaban J connectivity index is 1.58. The lowest BCUT2D eigenvalue weighted by Crippen LogP contribution is -2.56. The molecule has 0 bridgehead atoms. The van der Waals surface area contributed by atoms with Crippen LogP contribution in [0.25, 0.3) is 0 Å². The average molecular weight is 617 g/mol. The van der Waals surface area contributed by atoms with Crippen LogP contribution >= 0.6 is 0 Å². The van der Waals surface area contributed by atoms with E-state index in [9.17, 15) is 5.11 Å². The quantitative estimate of drug-likeness (QED) is 0.129. The fraction of sp³-hybridized carbons (Fsp3) is 0.350. The third-order valence-electron chi connectivity index (χ3n) is 10.2. The van der Waals surface area contributed by atoms with Crippen molar-refractivity contribution in [3.05, 3.63) is 156 Å².